The molecule has 0 saturated carbocycles. The average Bonchev–Trinajstić information content (AvgIpc) is 2.46. The highest BCUT2D eigenvalue weighted by atomic mass is 79.9. The van der Waals surface area contributed by atoms with Gasteiger partial charge in [0.1, 0.15) is 4.90 Å². The third kappa shape index (κ3) is 4.69. The van der Waals surface area contributed by atoms with E-state index in [1.54, 1.807) is 24.3 Å². The first-order valence-electron chi connectivity index (χ1n) is 5.96. The van der Waals surface area contributed by atoms with Gasteiger partial charge in [-0.15, -0.1) is 0 Å². The van der Waals surface area contributed by atoms with Crippen molar-refractivity contribution in [2.45, 2.75) is 11.4 Å². The van der Waals surface area contributed by atoms with Crippen molar-refractivity contribution >= 4 is 37.6 Å². The number of benzene rings is 2. The van der Waals surface area contributed by atoms with Gasteiger partial charge >= 0.3 is 10.1 Å². The number of halogens is 2. The largest absolute Gasteiger partial charge is 0.597 e. The quantitative estimate of drug-likeness (QED) is 0.429. The minimum absolute atomic E-state index is 0.101. The van der Waals surface area contributed by atoms with E-state index in [0.717, 1.165) is 4.47 Å². The summed E-state index contributed by atoms with van der Waals surface area (Å²) in [6.07, 6.45) is 0. The second kappa shape index (κ2) is 7.08. The molecule has 0 aromatic heterocycles. The predicted molar refractivity (Wildman–Crippen MR) is 83.6 cm³/mol. The van der Waals surface area contributed by atoms with Crippen molar-refractivity contribution < 1.29 is 17.6 Å². The first-order chi connectivity index (χ1) is 10.4. The topological polar surface area (TPSA) is 81.8 Å². The molecule has 0 fully saturated rings. The fourth-order valence-electron chi connectivity index (χ4n) is 1.55. The van der Waals surface area contributed by atoms with E-state index in [-0.39, 0.29) is 16.3 Å². The SMILES string of the molecule is O=S(=O)(O/N=[N+](\[O-])Cc1cccc(Cl)c1)c1ccc(Br)cc1. The summed E-state index contributed by atoms with van der Waals surface area (Å²) in [6.45, 7) is -0.184. The van der Waals surface area contributed by atoms with Crippen molar-refractivity contribution in [3.63, 3.8) is 0 Å². The summed E-state index contributed by atoms with van der Waals surface area (Å²) in [5, 5.41) is 15.1. The summed E-state index contributed by atoms with van der Waals surface area (Å²) < 4.78 is 28.8. The summed E-state index contributed by atoms with van der Waals surface area (Å²) >= 11 is 8.98. The number of hydroxylamine groups is 1. The Bertz CT molecular complexity index is 794. The van der Waals surface area contributed by atoms with Gasteiger partial charge in [0.2, 0.25) is 11.8 Å². The van der Waals surface area contributed by atoms with Crippen LogP contribution in [0.4, 0.5) is 0 Å². The van der Waals surface area contributed by atoms with Gasteiger partial charge in [0.25, 0.3) is 0 Å². The standard InChI is InChI=1S/C13H10BrClN2O4S/c14-11-4-6-13(7-5-11)22(19,20)21-16-17(18)9-10-2-1-3-12(15)8-10/h1-8H,9H2/b17-16-. The lowest BCUT2D eigenvalue weighted by Crippen LogP contribution is -2.07. The zero-order valence-electron chi connectivity index (χ0n) is 11.0. The normalized spacial score (nSPS) is 12.2. The van der Waals surface area contributed by atoms with Crippen LogP contribution >= 0.6 is 27.5 Å². The molecule has 0 aliphatic heterocycles. The predicted octanol–water partition coefficient (Wildman–Crippen LogP) is 3.89. The molecule has 0 amide bonds. The van der Waals surface area contributed by atoms with Gasteiger partial charge in [-0.2, -0.15) is 8.42 Å². The van der Waals surface area contributed by atoms with Gasteiger partial charge in [0.15, 0.2) is 0 Å². The van der Waals surface area contributed by atoms with Crippen LogP contribution in [0, 0.1) is 5.21 Å². The van der Waals surface area contributed by atoms with Crippen LogP contribution in [-0.2, 0) is 20.9 Å². The Morgan fingerprint density at radius 2 is 1.91 bits per heavy atom. The van der Waals surface area contributed by atoms with Crippen molar-refractivity contribution in [3.8, 4) is 0 Å². The lowest BCUT2D eigenvalue weighted by molar-refractivity contribution is -0.567. The molecule has 2 aromatic carbocycles. The highest BCUT2D eigenvalue weighted by Gasteiger charge is 2.17. The molecule has 0 heterocycles. The van der Waals surface area contributed by atoms with Crippen LogP contribution < -0.4 is 0 Å². The maximum absolute atomic E-state index is 11.8. The molecule has 0 bridgehead atoms. The molecule has 2 rings (SSSR count). The monoisotopic (exact) mass is 404 g/mol. The van der Waals surface area contributed by atoms with Gasteiger partial charge in [0, 0.05) is 15.1 Å². The zero-order valence-corrected chi connectivity index (χ0v) is 14.2. The lowest BCUT2D eigenvalue weighted by atomic mass is 10.2. The molecular weight excluding hydrogens is 396 g/mol. The van der Waals surface area contributed by atoms with E-state index < -0.39 is 10.1 Å². The summed E-state index contributed by atoms with van der Waals surface area (Å²) in [5.41, 5.74) is 0.580. The number of hydrogen-bond acceptors (Lipinski definition) is 5. The maximum Gasteiger partial charge on any atom is 0.363 e. The van der Waals surface area contributed by atoms with Gasteiger partial charge in [0.05, 0.1) is 0 Å². The molecule has 2 aromatic rings. The van der Waals surface area contributed by atoms with Crippen LogP contribution in [0.5, 0.6) is 0 Å². The molecular formula is C13H10BrClN2O4S. The van der Waals surface area contributed by atoms with Crippen LogP contribution in [0.3, 0.4) is 0 Å². The zero-order chi connectivity index (χ0) is 16.2. The maximum atomic E-state index is 11.8. The molecule has 0 aliphatic carbocycles. The van der Waals surface area contributed by atoms with Crippen LogP contribution in [-0.4, -0.2) is 13.3 Å². The Balaban J connectivity index is 2.08. The van der Waals surface area contributed by atoms with E-state index in [2.05, 4.69) is 25.5 Å². The molecule has 0 atom stereocenters. The van der Waals surface area contributed by atoms with Crippen molar-refractivity contribution in [3.05, 3.63) is 68.8 Å². The first-order valence-corrected chi connectivity index (χ1v) is 8.54. The van der Waals surface area contributed by atoms with E-state index in [0.29, 0.717) is 10.6 Å². The minimum atomic E-state index is -4.13. The van der Waals surface area contributed by atoms with Crippen LogP contribution in [0.1, 0.15) is 5.56 Å². The van der Waals surface area contributed by atoms with Crippen LogP contribution in [0.2, 0.25) is 5.02 Å². The summed E-state index contributed by atoms with van der Waals surface area (Å²) in [6, 6.07) is 12.3. The molecule has 22 heavy (non-hydrogen) atoms. The lowest BCUT2D eigenvalue weighted by Gasteiger charge is -2.02. The molecule has 0 unspecified atom stereocenters. The average molecular weight is 406 g/mol. The van der Waals surface area contributed by atoms with Gasteiger partial charge < -0.3 is 5.21 Å². The molecule has 9 heteroatoms. The number of rotatable bonds is 5. The Morgan fingerprint density at radius 3 is 2.55 bits per heavy atom. The van der Waals surface area contributed by atoms with Crippen molar-refractivity contribution in [1.29, 1.82) is 0 Å². The van der Waals surface area contributed by atoms with Crippen molar-refractivity contribution in [2.75, 3.05) is 0 Å². The third-order valence-electron chi connectivity index (χ3n) is 2.53. The highest BCUT2D eigenvalue weighted by molar-refractivity contribution is 9.10. The Kier molecular flexibility index (Phi) is 5.38. The molecule has 0 saturated heterocycles. The Labute approximate surface area is 140 Å². The van der Waals surface area contributed by atoms with Gasteiger partial charge in [-0.25, -0.2) is 4.28 Å². The fourth-order valence-corrected chi connectivity index (χ4v) is 2.74. The summed E-state index contributed by atoms with van der Waals surface area (Å²) in [4.78, 5) is 0.0258. The summed E-state index contributed by atoms with van der Waals surface area (Å²) in [5.74, 6) is 0. The van der Waals surface area contributed by atoms with E-state index in [4.69, 9.17) is 11.6 Å². The first kappa shape index (κ1) is 16.7. The highest BCUT2D eigenvalue weighted by Crippen LogP contribution is 2.17. The van der Waals surface area contributed by atoms with Gasteiger partial charge in [-0.1, -0.05) is 44.5 Å². The number of hydrogen-bond donors (Lipinski definition) is 0. The molecule has 0 spiro atoms. The van der Waals surface area contributed by atoms with Gasteiger partial charge in [-0.3, -0.25) is 0 Å². The fraction of sp³-hybridized carbons (Fsp3) is 0.0769. The van der Waals surface area contributed by atoms with E-state index in [1.807, 2.05) is 0 Å². The van der Waals surface area contributed by atoms with Crippen molar-refractivity contribution in [2.24, 2.45) is 5.28 Å². The molecule has 0 radical (unpaired) electrons. The Hall–Kier alpha value is -1.64. The number of nitrogens with zero attached hydrogens (tertiary/aromatic N) is 2. The van der Waals surface area contributed by atoms with E-state index in [9.17, 15) is 13.6 Å². The third-order valence-corrected chi connectivity index (χ3v) is 4.41. The van der Waals surface area contributed by atoms with Gasteiger partial charge in [-0.05, 0) is 36.4 Å². The second-order valence-electron chi connectivity index (χ2n) is 4.20. The second-order valence-corrected chi connectivity index (χ2v) is 7.09. The van der Waals surface area contributed by atoms with E-state index >= 15 is 0 Å². The summed E-state index contributed by atoms with van der Waals surface area (Å²) in [7, 11) is -4.13. The minimum Gasteiger partial charge on any atom is -0.597 e. The molecule has 0 aliphatic rings. The molecule has 0 N–H and O–H groups in total. The van der Waals surface area contributed by atoms with E-state index in [1.165, 1.54) is 24.3 Å². The van der Waals surface area contributed by atoms with Crippen LogP contribution in [0.25, 0.3) is 0 Å². The molecule has 6 nitrogen and oxygen atoms in total. The smallest absolute Gasteiger partial charge is 0.363 e. The Morgan fingerprint density at radius 1 is 1.23 bits per heavy atom. The molecule has 116 valence electrons. The van der Waals surface area contributed by atoms with Crippen LogP contribution in [0.15, 0.2) is 63.2 Å². The van der Waals surface area contributed by atoms with Crippen molar-refractivity contribution in [1.82, 2.24) is 0 Å².